The van der Waals surface area contributed by atoms with Gasteiger partial charge in [-0.15, -0.1) is 0 Å². The Morgan fingerprint density at radius 1 is 0.875 bits per heavy atom. The van der Waals surface area contributed by atoms with Crippen LogP contribution in [0.15, 0.2) is 54.6 Å². The van der Waals surface area contributed by atoms with Crippen molar-refractivity contribution in [3.05, 3.63) is 60.2 Å². The van der Waals surface area contributed by atoms with Gasteiger partial charge in [-0.2, -0.15) is 4.98 Å². The first-order chi connectivity index (χ1) is 11.8. The van der Waals surface area contributed by atoms with Crippen LogP contribution < -0.4 is 10.2 Å². The molecule has 0 unspecified atom stereocenters. The third kappa shape index (κ3) is 3.65. The fourth-order valence-corrected chi connectivity index (χ4v) is 2.82. The molecule has 1 heterocycles. The highest BCUT2D eigenvalue weighted by Gasteiger charge is 2.11. The zero-order chi connectivity index (χ0) is 16.8. The molecule has 0 radical (unpaired) electrons. The molecular formula is C20H24N4. The summed E-state index contributed by atoms with van der Waals surface area (Å²) in [7, 11) is 0. The predicted octanol–water partition coefficient (Wildman–Crippen LogP) is 4.13. The molecule has 3 rings (SSSR count). The van der Waals surface area contributed by atoms with E-state index >= 15 is 0 Å². The molecule has 0 aliphatic carbocycles. The summed E-state index contributed by atoms with van der Waals surface area (Å²) in [4.78, 5) is 11.7. The van der Waals surface area contributed by atoms with Crippen LogP contribution in [0.1, 0.15) is 19.4 Å². The Labute approximate surface area is 143 Å². The highest BCUT2D eigenvalue weighted by molar-refractivity contribution is 5.90. The van der Waals surface area contributed by atoms with Crippen LogP contribution >= 0.6 is 0 Å². The van der Waals surface area contributed by atoms with Crippen LogP contribution in [0.25, 0.3) is 10.9 Å². The molecule has 0 fully saturated rings. The van der Waals surface area contributed by atoms with E-state index in [4.69, 9.17) is 9.97 Å². The van der Waals surface area contributed by atoms with Gasteiger partial charge in [0.1, 0.15) is 5.82 Å². The molecule has 0 spiro atoms. The Bertz CT molecular complexity index is 782. The summed E-state index contributed by atoms with van der Waals surface area (Å²) in [6, 6.07) is 18.7. The van der Waals surface area contributed by atoms with E-state index in [2.05, 4.69) is 54.4 Å². The Balaban J connectivity index is 1.84. The first kappa shape index (κ1) is 16.2. The number of nitrogens with one attached hydrogen (secondary N) is 1. The maximum absolute atomic E-state index is 4.78. The van der Waals surface area contributed by atoms with Crippen LogP contribution in [-0.4, -0.2) is 29.6 Å². The Morgan fingerprint density at radius 3 is 2.33 bits per heavy atom. The van der Waals surface area contributed by atoms with E-state index < -0.39 is 0 Å². The van der Waals surface area contributed by atoms with Crippen LogP contribution in [0.3, 0.4) is 0 Å². The number of nitrogens with zero attached hydrogens (tertiary/aromatic N) is 3. The fourth-order valence-electron chi connectivity index (χ4n) is 2.82. The number of hydrogen-bond acceptors (Lipinski definition) is 4. The van der Waals surface area contributed by atoms with Gasteiger partial charge in [-0.25, -0.2) is 4.98 Å². The van der Waals surface area contributed by atoms with Gasteiger partial charge in [0.25, 0.3) is 0 Å². The number of fused-ring (bicyclic) bond motifs is 1. The number of aromatic nitrogens is 2. The van der Waals surface area contributed by atoms with Gasteiger partial charge in [-0.05, 0) is 38.0 Å². The molecule has 1 N–H and O–H groups in total. The number of benzene rings is 2. The molecule has 0 aliphatic rings. The van der Waals surface area contributed by atoms with E-state index in [1.807, 2.05) is 24.3 Å². The summed E-state index contributed by atoms with van der Waals surface area (Å²) < 4.78 is 0. The van der Waals surface area contributed by atoms with Crippen molar-refractivity contribution in [2.75, 3.05) is 29.9 Å². The van der Waals surface area contributed by atoms with Crippen LogP contribution in [0.5, 0.6) is 0 Å². The Kier molecular flexibility index (Phi) is 5.26. The second-order valence-electron chi connectivity index (χ2n) is 5.72. The first-order valence-corrected chi connectivity index (χ1v) is 8.61. The smallest absolute Gasteiger partial charge is 0.227 e. The molecule has 0 aliphatic heterocycles. The minimum absolute atomic E-state index is 0.793. The van der Waals surface area contributed by atoms with Crippen LogP contribution in [0.2, 0.25) is 0 Å². The fraction of sp³-hybridized carbons (Fsp3) is 0.300. The average Bonchev–Trinajstić information content (AvgIpc) is 2.63. The van der Waals surface area contributed by atoms with Crippen molar-refractivity contribution >= 4 is 22.7 Å². The molecule has 2 aromatic carbocycles. The van der Waals surface area contributed by atoms with Crippen molar-refractivity contribution < 1.29 is 0 Å². The molecule has 124 valence electrons. The lowest BCUT2D eigenvalue weighted by molar-refractivity contribution is 0.826. The molecule has 3 aromatic rings. The van der Waals surface area contributed by atoms with Gasteiger partial charge < -0.3 is 10.2 Å². The topological polar surface area (TPSA) is 41.1 Å². The summed E-state index contributed by atoms with van der Waals surface area (Å²) in [5.74, 6) is 1.71. The van der Waals surface area contributed by atoms with E-state index in [1.165, 1.54) is 5.56 Å². The quantitative estimate of drug-likeness (QED) is 0.710. The average molecular weight is 320 g/mol. The summed E-state index contributed by atoms with van der Waals surface area (Å²) in [5.41, 5.74) is 2.31. The van der Waals surface area contributed by atoms with Crippen molar-refractivity contribution in [2.45, 2.75) is 20.3 Å². The van der Waals surface area contributed by atoms with Gasteiger partial charge in [-0.1, -0.05) is 42.5 Å². The minimum atomic E-state index is 0.793. The molecule has 4 nitrogen and oxygen atoms in total. The normalized spacial score (nSPS) is 10.8. The second kappa shape index (κ2) is 7.77. The van der Waals surface area contributed by atoms with Crippen molar-refractivity contribution in [2.24, 2.45) is 0 Å². The van der Waals surface area contributed by atoms with Crippen molar-refractivity contribution in [1.29, 1.82) is 0 Å². The monoisotopic (exact) mass is 320 g/mol. The van der Waals surface area contributed by atoms with E-state index in [-0.39, 0.29) is 0 Å². The second-order valence-corrected chi connectivity index (χ2v) is 5.72. The Morgan fingerprint density at radius 2 is 1.58 bits per heavy atom. The van der Waals surface area contributed by atoms with Crippen LogP contribution in [0.4, 0.5) is 11.8 Å². The van der Waals surface area contributed by atoms with Gasteiger partial charge in [0.05, 0.1) is 5.52 Å². The van der Waals surface area contributed by atoms with E-state index in [1.54, 1.807) is 0 Å². The van der Waals surface area contributed by atoms with Crippen molar-refractivity contribution in [1.82, 2.24) is 9.97 Å². The highest BCUT2D eigenvalue weighted by atomic mass is 15.3. The van der Waals surface area contributed by atoms with Gasteiger partial charge in [0, 0.05) is 25.0 Å². The molecule has 0 bridgehead atoms. The molecule has 0 saturated carbocycles. The third-order valence-electron chi connectivity index (χ3n) is 4.19. The van der Waals surface area contributed by atoms with Crippen LogP contribution in [-0.2, 0) is 6.42 Å². The predicted molar refractivity (Wildman–Crippen MR) is 102 cm³/mol. The SMILES string of the molecule is CCN(CC)c1nc(NCCc2ccccc2)c2ccccc2n1. The molecule has 1 aromatic heterocycles. The summed E-state index contributed by atoms with van der Waals surface area (Å²) in [5, 5.41) is 4.57. The summed E-state index contributed by atoms with van der Waals surface area (Å²) in [6.07, 6.45) is 0.972. The van der Waals surface area contributed by atoms with E-state index in [0.29, 0.717) is 0 Å². The number of hydrogen-bond donors (Lipinski definition) is 1. The minimum Gasteiger partial charge on any atom is -0.369 e. The first-order valence-electron chi connectivity index (χ1n) is 8.61. The molecule has 0 atom stereocenters. The molecular weight excluding hydrogens is 296 g/mol. The largest absolute Gasteiger partial charge is 0.369 e. The maximum atomic E-state index is 4.78. The summed E-state index contributed by atoms with van der Waals surface area (Å²) >= 11 is 0. The lowest BCUT2D eigenvalue weighted by Crippen LogP contribution is -2.24. The van der Waals surface area contributed by atoms with Gasteiger partial charge in [-0.3, -0.25) is 0 Å². The molecule has 0 amide bonds. The van der Waals surface area contributed by atoms with Gasteiger partial charge in [0.2, 0.25) is 5.95 Å². The van der Waals surface area contributed by atoms with Crippen LogP contribution in [0, 0.1) is 0 Å². The number of rotatable bonds is 7. The lowest BCUT2D eigenvalue weighted by Gasteiger charge is -2.20. The number of para-hydroxylation sites is 1. The number of anilines is 2. The summed E-state index contributed by atoms with van der Waals surface area (Å²) in [6.45, 7) is 6.91. The maximum Gasteiger partial charge on any atom is 0.227 e. The lowest BCUT2D eigenvalue weighted by atomic mass is 10.1. The van der Waals surface area contributed by atoms with E-state index in [0.717, 1.165) is 48.7 Å². The van der Waals surface area contributed by atoms with Gasteiger partial charge >= 0.3 is 0 Å². The zero-order valence-electron chi connectivity index (χ0n) is 14.4. The van der Waals surface area contributed by atoms with Crippen molar-refractivity contribution in [3.63, 3.8) is 0 Å². The molecule has 4 heteroatoms. The van der Waals surface area contributed by atoms with Crippen molar-refractivity contribution in [3.8, 4) is 0 Å². The Hall–Kier alpha value is -2.62. The molecule has 0 saturated heterocycles. The van der Waals surface area contributed by atoms with E-state index in [9.17, 15) is 0 Å². The third-order valence-corrected chi connectivity index (χ3v) is 4.19. The standard InChI is InChI=1S/C20H24N4/c1-3-24(4-2)20-22-18-13-9-8-12-17(18)19(23-20)21-15-14-16-10-6-5-7-11-16/h5-13H,3-4,14-15H2,1-2H3,(H,21,22,23). The zero-order valence-corrected chi connectivity index (χ0v) is 14.4. The molecule has 24 heavy (non-hydrogen) atoms. The van der Waals surface area contributed by atoms with Gasteiger partial charge in [0.15, 0.2) is 0 Å². The highest BCUT2D eigenvalue weighted by Crippen LogP contribution is 2.23.